The quantitative estimate of drug-likeness (QED) is 0.484. The lowest BCUT2D eigenvalue weighted by molar-refractivity contribution is -0.0800. The third-order valence-electron chi connectivity index (χ3n) is 2.59. The smallest absolute Gasteiger partial charge is 0.140 e. The summed E-state index contributed by atoms with van der Waals surface area (Å²) < 4.78 is 0. The molecular weight excluding hydrogens is 224 g/mol. The summed E-state index contributed by atoms with van der Waals surface area (Å²) in [6.45, 7) is -0.627. The van der Waals surface area contributed by atoms with Gasteiger partial charge in [-0.15, -0.1) is 0 Å². The van der Waals surface area contributed by atoms with E-state index in [2.05, 4.69) is 9.97 Å². The Labute approximate surface area is 97.2 Å². The Hall–Kier alpha value is -1.47. The number of nitrogens with zero attached hydrogens (tertiary/aromatic N) is 1. The predicted molar refractivity (Wildman–Crippen MR) is 60.2 cm³/mol. The van der Waals surface area contributed by atoms with Crippen LogP contribution in [0.1, 0.15) is 11.9 Å². The highest BCUT2D eigenvalue weighted by atomic mass is 16.4. The largest absolute Gasteiger partial charge is 0.394 e. The van der Waals surface area contributed by atoms with Crippen LogP contribution in [-0.2, 0) is 0 Å². The first-order valence-electron chi connectivity index (χ1n) is 5.23. The average molecular weight is 238 g/mol. The fourth-order valence-electron chi connectivity index (χ4n) is 1.59. The number of aromatic amines is 1. The van der Waals surface area contributed by atoms with Crippen molar-refractivity contribution in [2.24, 2.45) is 0 Å². The monoisotopic (exact) mass is 238 g/mol. The highest BCUT2D eigenvalue weighted by molar-refractivity contribution is 5.74. The molecule has 1 heterocycles. The van der Waals surface area contributed by atoms with E-state index in [9.17, 15) is 15.3 Å². The lowest BCUT2D eigenvalue weighted by atomic mass is 10.1. The molecule has 0 saturated carbocycles. The standard InChI is InChI=1S/C11H14N2O4/c14-5-8(15)9(16)10(17)11-12-6-3-1-2-4-7(6)13-11/h1-4,8-10,14-17H,5H2,(H,12,13). The van der Waals surface area contributed by atoms with Gasteiger partial charge >= 0.3 is 0 Å². The molecule has 17 heavy (non-hydrogen) atoms. The van der Waals surface area contributed by atoms with Crippen LogP contribution < -0.4 is 0 Å². The van der Waals surface area contributed by atoms with Gasteiger partial charge in [0.2, 0.25) is 0 Å². The van der Waals surface area contributed by atoms with E-state index >= 15 is 0 Å². The first-order valence-corrected chi connectivity index (χ1v) is 5.23. The van der Waals surface area contributed by atoms with E-state index in [1.54, 1.807) is 18.2 Å². The van der Waals surface area contributed by atoms with Crippen molar-refractivity contribution < 1.29 is 20.4 Å². The number of para-hydroxylation sites is 2. The van der Waals surface area contributed by atoms with Gasteiger partial charge in [0.25, 0.3) is 0 Å². The number of fused-ring (bicyclic) bond motifs is 1. The molecule has 1 aromatic carbocycles. The summed E-state index contributed by atoms with van der Waals surface area (Å²) >= 11 is 0. The maximum Gasteiger partial charge on any atom is 0.140 e. The van der Waals surface area contributed by atoms with E-state index in [0.717, 1.165) is 5.52 Å². The number of rotatable bonds is 4. The second kappa shape index (κ2) is 4.80. The van der Waals surface area contributed by atoms with Crippen LogP contribution in [0.4, 0.5) is 0 Å². The van der Waals surface area contributed by atoms with Gasteiger partial charge in [0.05, 0.1) is 17.6 Å². The molecule has 92 valence electrons. The lowest BCUT2D eigenvalue weighted by Crippen LogP contribution is -2.35. The van der Waals surface area contributed by atoms with Crippen molar-refractivity contribution >= 4 is 11.0 Å². The highest BCUT2D eigenvalue weighted by Crippen LogP contribution is 2.19. The molecule has 6 heteroatoms. The number of aromatic nitrogens is 2. The third kappa shape index (κ3) is 2.29. The molecule has 0 aliphatic heterocycles. The molecule has 2 aromatic rings. The van der Waals surface area contributed by atoms with Crippen LogP contribution in [0.25, 0.3) is 11.0 Å². The minimum atomic E-state index is -1.49. The summed E-state index contributed by atoms with van der Waals surface area (Å²) in [5.41, 5.74) is 1.39. The van der Waals surface area contributed by atoms with Crippen LogP contribution in [0.3, 0.4) is 0 Å². The van der Waals surface area contributed by atoms with Gasteiger partial charge in [-0.05, 0) is 12.1 Å². The molecule has 2 rings (SSSR count). The van der Waals surface area contributed by atoms with E-state index in [1.165, 1.54) is 0 Å². The molecule has 1 aromatic heterocycles. The lowest BCUT2D eigenvalue weighted by Gasteiger charge is -2.19. The zero-order valence-electron chi connectivity index (χ0n) is 8.98. The van der Waals surface area contributed by atoms with Gasteiger partial charge in [-0.25, -0.2) is 4.98 Å². The van der Waals surface area contributed by atoms with Crippen LogP contribution >= 0.6 is 0 Å². The number of H-pyrrole nitrogens is 1. The van der Waals surface area contributed by atoms with Gasteiger partial charge in [-0.3, -0.25) is 0 Å². The zero-order valence-corrected chi connectivity index (χ0v) is 8.98. The SMILES string of the molecule is OCC(O)C(O)C(O)c1nc2ccccc2[nH]1. The maximum absolute atomic E-state index is 9.78. The number of hydrogen-bond donors (Lipinski definition) is 5. The number of benzene rings is 1. The van der Waals surface area contributed by atoms with Gasteiger partial charge < -0.3 is 25.4 Å². The van der Waals surface area contributed by atoms with Crippen molar-refractivity contribution in [2.45, 2.75) is 18.3 Å². The summed E-state index contributed by atoms with van der Waals surface area (Å²) in [7, 11) is 0. The number of aliphatic hydroxyl groups is 4. The van der Waals surface area contributed by atoms with Crippen LogP contribution in [0, 0.1) is 0 Å². The average Bonchev–Trinajstić information content (AvgIpc) is 2.79. The van der Waals surface area contributed by atoms with Crippen molar-refractivity contribution in [3.63, 3.8) is 0 Å². The van der Waals surface area contributed by atoms with E-state index in [-0.39, 0.29) is 5.82 Å². The van der Waals surface area contributed by atoms with Gasteiger partial charge in [0.1, 0.15) is 24.1 Å². The molecule has 0 saturated heterocycles. The van der Waals surface area contributed by atoms with E-state index in [1.807, 2.05) is 6.07 Å². The molecule has 0 amide bonds. The minimum Gasteiger partial charge on any atom is -0.394 e. The van der Waals surface area contributed by atoms with Crippen molar-refractivity contribution in [1.82, 2.24) is 9.97 Å². The number of imidazole rings is 1. The Kier molecular flexibility index (Phi) is 3.39. The summed E-state index contributed by atoms with van der Waals surface area (Å²) in [6, 6.07) is 7.16. The molecule has 3 unspecified atom stereocenters. The highest BCUT2D eigenvalue weighted by Gasteiger charge is 2.27. The van der Waals surface area contributed by atoms with Crippen LogP contribution in [0.2, 0.25) is 0 Å². The molecule has 6 nitrogen and oxygen atoms in total. The fraction of sp³-hybridized carbons (Fsp3) is 0.364. The Balaban J connectivity index is 2.27. The molecule has 0 bridgehead atoms. The maximum atomic E-state index is 9.78. The van der Waals surface area contributed by atoms with Crippen molar-refractivity contribution in [3.05, 3.63) is 30.1 Å². The first-order chi connectivity index (χ1) is 8.13. The number of hydrogen-bond acceptors (Lipinski definition) is 5. The Morgan fingerprint density at radius 1 is 1.18 bits per heavy atom. The van der Waals surface area contributed by atoms with Gasteiger partial charge in [-0.1, -0.05) is 12.1 Å². The van der Waals surface area contributed by atoms with Crippen molar-refractivity contribution in [2.75, 3.05) is 6.61 Å². The normalized spacial score (nSPS) is 16.9. The van der Waals surface area contributed by atoms with Gasteiger partial charge in [0.15, 0.2) is 0 Å². The third-order valence-corrected chi connectivity index (χ3v) is 2.59. The Morgan fingerprint density at radius 3 is 2.53 bits per heavy atom. The summed E-state index contributed by atoms with van der Waals surface area (Å²) in [4.78, 5) is 6.93. The van der Waals surface area contributed by atoms with Crippen molar-refractivity contribution in [3.8, 4) is 0 Å². The molecule has 3 atom stereocenters. The Bertz CT molecular complexity index is 466. The fourth-order valence-corrected chi connectivity index (χ4v) is 1.59. The molecule has 0 fully saturated rings. The number of aliphatic hydroxyl groups excluding tert-OH is 4. The van der Waals surface area contributed by atoms with Gasteiger partial charge in [-0.2, -0.15) is 0 Å². The second-order valence-electron chi connectivity index (χ2n) is 3.82. The first kappa shape index (κ1) is 12.0. The van der Waals surface area contributed by atoms with Crippen LogP contribution in [0.5, 0.6) is 0 Å². The molecule has 0 radical (unpaired) electrons. The van der Waals surface area contributed by atoms with Crippen LogP contribution in [0.15, 0.2) is 24.3 Å². The molecule has 0 aliphatic rings. The molecule has 0 spiro atoms. The van der Waals surface area contributed by atoms with E-state index in [0.29, 0.717) is 5.52 Å². The van der Waals surface area contributed by atoms with E-state index in [4.69, 9.17) is 5.11 Å². The van der Waals surface area contributed by atoms with Crippen molar-refractivity contribution in [1.29, 1.82) is 0 Å². The second-order valence-corrected chi connectivity index (χ2v) is 3.82. The minimum absolute atomic E-state index is 0.159. The summed E-state index contributed by atoms with van der Waals surface area (Å²) in [5.74, 6) is 0.159. The van der Waals surface area contributed by atoms with Crippen LogP contribution in [-0.4, -0.2) is 49.2 Å². The molecule has 5 N–H and O–H groups in total. The topological polar surface area (TPSA) is 110 Å². The summed E-state index contributed by atoms with van der Waals surface area (Å²) in [5, 5.41) is 37.2. The van der Waals surface area contributed by atoms with E-state index < -0.39 is 24.9 Å². The Morgan fingerprint density at radius 2 is 1.88 bits per heavy atom. The molecular formula is C11H14N2O4. The molecule has 0 aliphatic carbocycles. The zero-order chi connectivity index (χ0) is 12.4. The number of nitrogens with one attached hydrogen (secondary N) is 1. The predicted octanol–water partition coefficient (Wildman–Crippen LogP) is -0.690. The van der Waals surface area contributed by atoms with Gasteiger partial charge in [0, 0.05) is 0 Å². The summed E-state index contributed by atoms with van der Waals surface area (Å²) in [6.07, 6.45) is -4.26.